The number of nitrogens with zero attached hydrogens (tertiary/aromatic N) is 1. The Morgan fingerprint density at radius 1 is 1.15 bits per heavy atom. The van der Waals surface area contributed by atoms with E-state index in [1.54, 1.807) is 48.4 Å². The molecule has 1 aliphatic heterocycles. The minimum atomic E-state index is -0.291. The zero-order valence-corrected chi connectivity index (χ0v) is 15.1. The predicted molar refractivity (Wildman–Crippen MR) is 100 cm³/mol. The maximum Gasteiger partial charge on any atom is 0.322 e. The second-order valence-corrected chi connectivity index (χ2v) is 6.31. The van der Waals surface area contributed by atoms with Crippen LogP contribution in [0.1, 0.15) is 28.4 Å². The molecule has 0 aliphatic carbocycles. The number of hydrogen-bond acceptors (Lipinski definition) is 3. The molecule has 0 spiro atoms. The summed E-state index contributed by atoms with van der Waals surface area (Å²) in [5, 5.41) is 5.57. The van der Waals surface area contributed by atoms with E-state index in [-0.39, 0.29) is 23.8 Å². The van der Waals surface area contributed by atoms with Gasteiger partial charge in [-0.1, -0.05) is 12.1 Å². The maximum atomic E-state index is 13.1. The quantitative estimate of drug-likeness (QED) is 0.766. The van der Waals surface area contributed by atoms with Crippen molar-refractivity contribution in [3.63, 3.8) is 0 Å². The highest BCUT2D eigenvalue weighted by Crippen LogP contribution is 2.33. The van der Waals surface area contributed by atoms with Gasteiger partial charge in [0, 0.05) is 31.5 Å². The third-order valence-electron chi connectivity index (χ3n) is 4.53. The van der Waals surface area contributed by atoms with E-state index in [2.05, 4.69) is 10.6 Å². The topological polar surface area (TPSA) is 70.7 Å². The number of hydrogen-bond donors (Lipinski definition) is 2. The molecular formula is C20H22FN3O3. The Hall–Kier alpha value is -2.93. The highest BCUT2D eigenvalue weighted by atomic mass is 19.1. The van der Waals surface area contributed by atoms with Crippen LogP contribution in [0.5, 0.6) is 0 Å². The fourth-order valence-electron chi connectivity index (χ4n) is 2.93. The van der Waals surface area contributed by atoms with Crippen LogP contribution in [0.4, 0.5) is 14.9 Å². The van der Waals surface area contributed by atoms with Gasteiger partial charge >= 0.3 is 6.03 Å². The fraction of sp³-hybridized carbons (Fsp3) is 0.300. The SMILES string of the molecule is COCCNC(=O)c1ccc(NC(=O)N2CC[C@@H]2c2ccc(F)cc2)cc1. The highest BCUT2D eigenvalue weighted by Gasteiger charge is 2.33. The first-order valence-corrected chi connectivity index (χ1v) is 8.79. The lowest BCUT2D eigenvalue weighted by Gasteiger charge is -2.41. The summed E-state index contributed by atoms with van der Waals surface area (Å²) in [5.74, 6) is -0.482. The van der Waals surface area contributed by atoms with E-state index in [1.165, 1.54) is 12.1 Å². The zero-order valence-electron chi connectivity index (χ0n) is 15.1. The zero-order chi connectivity index (χ0) is 19.2. The van der Waals surface area contributed by atoms with Gasteiger partial charge in [-0.25, -0.2) is 9.18 Å². The number of anilines is 1. The first-order valence-electron chi connectivity index (χ1n) is 8.79. The van der Waals surface area contributed by atoms with Crippen LogP contribution in [0.3, 0.4) is 0 Å². The summed E-state index contributed by atoms with van der Waals surface area (Å²) in [6.07, 6.45) is 0.847. The Morgan fingerprint density at radius 3 is 2.44 bits per heavy atom. The summed E-state index contributed by atoms with van der Waals surface area (Å²) in [6.45, 7) is 1.53. The minimum Gasteiger partial charge on any atom is -0.383 e. The second kappa shape index (κ2) is 8.64. The van der Waals surface area contributed by atoms with E-state index in [0.29, 0.717) is 30.9 Å². The normalized spacial score (nSPS) is 15.8. The van der Waals surface area contributed by atoms with Gasteiger partial charge in [0.05, 0.1) is 12.6 Å². The van der Waals surface area contributed by atoms with E-state index in [9.17, 15) is 14.0 Å². The summed E-state index contributed by atoms with van der Waals surface area (Å²) in [5.41, 5.74) is 2.04. The first kappa shape index (κ1) is 18.8. The largest absolute Gasteiger partial charge is 0.383 e. The second-order valence-electron chi connectivity index (χ2n) is 6.31. The molecule has 0 radical (unpaired) electrons. The molecule has 1 heterocycles. The number of halogens is 1. The smallest absolute Gasteiger partial charge is 0.322 e. The van der Waals surface area contributed by atoms with Crippen molar-refractivity contribution >= 4 is 17.6 Å². The number of rotatable bonds is 6. The van der Waals surface area contributed by atoms with Crippen molar-refractivity contribution in [1.82, 2.24) is 10.2 Å². The molecule has 27 heavy (non-hydrogen) atoms. The number of urea groups is 1. The van der Waals surface area contributed by atoms with Gasteiger partial charge in [0.25, 0.3) is 5.91 Å². The molecule has 6 nitrogen and oxygen atoms in total. The van der Waals surface area contributed by atoms with Crippen molar-refractivity contribution < 1.29 is 18.7 Å². The van der Waals surface area contributed by atoms with Crippen LogP contribution >= 0.6 is 0 Å². The number of ether oxygens (including phenoxy) is 1. The van der Waals surface area contributed by atoms with Crippen molar-refractivity contribution in [3.8, 4) is 0 Å². The number of benzene rings is 2. The number of nitrogens with one attached hydrogen (secondary N) is 2. The van der Waals surface area contributed by atoms with Gasteiger partial charge in [-0.15, -0.1) is 0 Å². The monoisotopic (exact) mass is 371 g/mol. The lowest BCUT2D eigenvalue weighted by atomic mass is 9.95. The molecule has 2 aromatic carbocycles. The first-order chi connectivity index (χ1) is 13.1. The Kier molecular flexibility index (Phi) is 6.03. The van der Waals surface area contributed by atoms with E-state index in [0.717, 1.165) is 12.0 Å². The van der Waals surface area contributed by atoms with Crippen LogP contribution in [-0.4, -0.2) is 43.6 Å². The maximum absolute atomic E-state index is 13.1. The molecule has 1 saturated heterocycles. The number of amides is 3. The fourth-order valence-corrected chi connectivity index (χ4v) is 2.93. The van der Waals surface area contributed by atoms with Crippen molar-refractivity contribution in [2.75, 3.05) is 32.1 Å². The van der Waals surface area contributed by atoms with Crippen molar-refractivity contribution in [2.24, 2.45) is 0 Å². The van der Waals surface area contributed by atoms with Crippen LogP contribution in [0.2, 0.25) is 0 Å². The van der Waals surface area contributed by atoms with Gasteiger partial charge in [0.15, 0.2) is 0 Å². The van der Waals surface area contributed by atoms with Gasteiger partial charge in [0.1, 0.15) is 5.82 Å². The molecule has 3 rings (SSSR count). The standard InChI is InChI=1S/C20H22FN3O3/c1-27-13-11-22-19(25)15-4-8-17(9-5-15)23-20(26)24-12-10-18(24)14-2-6-16(21)7-3-14/h2-9,18H,10-13H2,1H3,(H,22,25)(H,23,26)/t18-/m1/s1. The van der Waals surface area contributed by atoms with Crippen LogP contribution in [0.15, 0.2) is 48.5 Å². The minimum absolute atomic E-state index is 0.0450. The molecule has 1 fully saturated rings. The third-order valence-corrected chi connectivity index (χ3v) is 4.53. The Labute approximate surface area is 157 Å². The lowest BCUT2D eigenvalue weighted by Crippen LogP contribution is -2.47. The molecule has 0 aromatic heterocycles. The average Bonchev–Trinajstić information content (AvgIpc) is 2.63. The average molecular weight is 371 g/mol. The number of carbonyl (C=O) groups is 2. The van der Waals surface area contributed by atoms with Crippen LogP contribution in [0, 0.1) is 5.82 Å². The summed E-state index contributed by atoms with van der Waals surface area (Å²) < 4.78 is 18.0. The van der Waals surface area contributed by atoms with E-state index in [4.69, 9.17) is 4.74 Å². The summed E-state index contributed by atoms with van der Waals surface area (Å²) >= 11 is 0. The van der Waals surface area contributed by atoms with Crippen LogP contribution in [0.25, 0.3) is 0 Å². The van der Waals surface area contributed by atoms with Gasteiger partial charge in [-0.2, -0.15) is 0 Å². The highest BCUT2D eigenvalue weighted by molar-refractivity contribution is 5.95. The molecule has 0 unspecified atom stereocenters. The number of carbonyl (C=O) groups excluding carboxylic acids is 2. The Bertz CT molecular complexity index is 793. The van der Waals surface area contributed by atoms with Crippen LogP contribution in [-0.2, 0) is 4.74 Å². The predicted octanol–water partition coefficient (Wildman–Crippen LogP) is 3.18. The van der Waals surface area contributed by atoms with Crippen LogP contribution < -0.4 is 10.6 Å². The molecule has 0 saturated carbocycles. The Balaban J connectivity index is 1.56. The summed E-state index contributed by atoms with van der Waals surface area (Å²) in [7, 11) is 1.57. The van der Waals surface area contributed by atoms with Crippen molar-refractivity contribution in [3.05, 3.63) is 65.5 Å². The van der Waals surface area contributed by atoms with Gasteiger partial charge in [0.2, 0.25) is 0 Å². The van der Waals surface area contributed by atoms with Crippen molar-refractivity contribution in [1.29, 1.82) is 0 Å². The summed E-state index contributed by atoms with van der Waals surface area (Å²) in [4.78, 5) is 26.1. The summed E-state index contributed by atoms with van der Waals surface area (Å²) in [6, 6.07) is 12.7. The van der Waals surface area contributed by atoms with E-state index >= 15 is 0 Å². The molecule has 1 atom stereocenters. The molecular weight excluding hydrogens is 349 g/mol. The van der Waals surface area contributed by atoms with Gasteiger partial charge < -0.3 is 20.3 Å². The molecule has 2 N–H and O–H groups in total. The number of methoxy groups -OCH3 is 1. The molecule has 7 heteroatoms. The molecule has 0 bridgehead atoms. The van der Waals surface area contributed by atoms with Gasteiger partial charge in [-0.3, -0.25) is 4.79 Å². The van der Waals surface area contributed by atoms with E-state index in [1.807, 2.05) is 0 Å². The third kappa shape index (κ3) is 4.62. The van der Waals surface area contributed by atoms with E-state index < -0.39 is 0 Å². The Morgan fingerprint density at radius 2 is 1.85 bits per heavy atom. The molecule has 1 aliphatic rings. The molecule has 2 aromatic rings. The molecule has 142 valence electrons. The molecule has 3 amide bonds. The lowest BCUT2D eigenvalue weighted by molar-refractivity contribution is 0.0937. The van der Waals surface area contributed by atoms with Gasteiger partial charge in [-0.05, 0) is 48.4 Å². The van der Waals surface area contributed by atoms with Crippen molar-refractivity contribution in [2.45, 2.75) is 12.5 Å². The number of likely N-dealkylation sites (tertiary alicyclic amines) is 1.